The number of nitrogens with zero attached hydrogens (tertiary/aromatic N) is 2. The minimum Gasteiger partial charge on any atom is -0.339 e. The Morgan fingerprint density at radius 2 is 1.67 bits per heavy atom. The lowest BCUT2D eigenvalue weighted by Crippen LogP contribution is -2.54. The van der Waals surface area contributed by atoms with Gasteiger partial charge in [0.05, 0.1) is 12.3 Å². The summed E-state index contributed by atoms with van der Waals surface area (Å²) in [6.45, 7) is 8.86. The quantitative estimate of drug-likeness (QED) is 0.746. The van der Waals surface area contributed by atoms with Gasteiger partial charge in [0.2, 0.25) is 15.9 Å². The lowest BCUT2D eigenvalue weighted by molar-refractivity contribution is -0.131. The maximum atomic E-state index is 12.7. The van der Waals surface area contributed by atoms with Gasteiger partial charge < -0.3 is 10.2 Å². The van der Waals surface area contributed by atoms with Crippen LogP contribution in [-0.2, 0) is 20.6 Å². The van der Waals surface area contributed by atoms with Crippen molar-refractivity contribution >= 4 is 15.9 Å². The lowest BCUT2D eigenvalue weighted by atomic mass is 9.69. The predicted octanol–water partition coefficient (Wildman–Crippen LogP) is 2.86. The van der Waals surface area contributed by atoms with Crippen molar-refractivity contribution in [2.75, 3.05) is 32.7 Å². The van der Waals surface area contributed by atoms with Gasteiger partial charge in [-0.25, -0.2) is 8.42 Å². The molecule has 1 heterocycles. The van der Waals surface area contributed by atoms with Crippen LogP contribution in [0.15, 0.2) is 30.3 Å². The van der Waals surface area contributed by atoms with Crippen LogP contribution in [0.3, 0.4) is 0 Å². The Morgan fingerprint density at radius 3 is 2.30 bits per heavy atom. The maximum Gasteiger partial charge on any atom is 0.236 e. The van der Waals surface area contributed by atoms with E-state index in [-0.39, 0.29) is 17.1 Å². The smallest absolute Gasteiger partial charge is 0.236 e. The van der Waals surface area contributed by atoms with Gasteiger partial charge in [0.25, 0.3) is 0 Å². The molecule has 3 rings (SSSR count). The number of rotatable bonds is 6. The molecule has 168 valence electrons. The summed E-state index contributed by atoms with van der Waals surface area (Å²) in [4.78, 5) is 14.5. The number of hydrogen-bond donors (Lipinski definition) is 1. The number of hydrogen-bond acceptors (Lipinski definition) is 4. The molecule has 1 amide bonds. The number of nitrogens with one attached hydrogen (secondary N) is 1. The molecule has 2 aliphatic rings. The van der Waals surface area contributed by atoms with Crippen LogP contribution in [0.1, 0.15) is 52.0 Å². The first kappa shape index (κ1) is 23.2. The molecule has 1 aromatic rings. The minimum atomic E-state index is -3.36. The Kier molecular flexibility index (Phi) is 7.58. The van der Waals surface area contributed by atoms with Crippen molar-refractivity contribution in [3.63, 3.8) is 0 Å². The van der Waals surface area contributed by atoms with Gasteiger partial charge in [-0.05, 0) is 29.7 Å². The van der Waals surface area contributed by atoms with E-state index in [2.05, 4.69) is 26.1 Å². The molecule has 0 bridgehead atoms. The van der Waals surface area contributed by atoms with Crippen molar-refractivity contribution in [2.24, 2.45) is 11.3 Å². The molecule has 6 nitrogen and oxygen atoms in total. The third-order valence-corrected chi connectivity index (χ3v) is 8.42. The van der Waals surface area contributed by atoms with E-state index >= 15 is 0 Å². The summed E-state index contributed by atoms with van der Waals surface area (Å²) >= 11 is 0. The lowest BCUT2D eigenvalue weighted by Gasteiger charge is -2.41. The molecule has 2 fully saturated rings. The van der Waals surface area contributed by atoms with Crippen molar-refractivity contribution in [1.29, 1.82) is 0 Å². The highest BCUT2D eigenvalue weighted by atomic mass is 32.2. The molecule has 1 aliphatic heterocycles. The van der Waals surface area contributed by atoms with Crippen LogP contribution in [-0.4, -0.2) is 62.3 Å². The number of benzene rings is 1. The summed E-state index contributed by atoms with van der Waals surface area (Å²) in [5, 5.41) is 3.53. The summed E-state index contributed by atoms with van der Waals surface area (Å²) in [5.41, 5.74) is 1.03. The Hall–Kier alpha value is -1.44. The SMILES string of the molecule is CC(C)(C)C1CCCCC1NCC(=O)N1CCN(S(=O)(=O)Cc2ccccc2)CC1. The molecule has 1 aliphatic carbocycles. The maximum absolute atomic E-state index is 12.7. The van der Waals surface area contributed by atoms with E-state index in [0.717, 1.165) is 12.0 Å². The van der Waals surface area contributed by atoms with Crippen molar-refractivity contribution in [3.8, 4) is 0 Å². The molecule has 0 radical (unpaired) electrons. The first-order valence-corrected chi connectivity index (χ1v) is 12.8. The van der Waals surface area contributed by atoms with Crippen molar-refractivity contribution in [1.82, 2.24) is 14.5 Å². The highest BCUT2D eigenvalue weighted by molar-refractivity contribution is 7.88. The fourth-order valence-electron chi connectivity index (χ4n) is 4.83. The molecular weight excluding hydrogens is 398 g/mol. The molecule has 2 atom stereocenters. The molecule has 1 aromatic carbocycles. The number of piperazine rings is 1. The van der Waals surface area contributed by atoms with Crippen LogP contribution < -0.4 is 5.32 Å². The van der Waals surface area contributed by atoms with Gasteiger partial charge in [-0.2, -0.15) is 4.31 Å². The van der Waals surface area contributed by atoms with Crippen molar-refractivity contribution in [3.05, 3.63) is 35.9 Å². The third-order valence-electron chi connectivity index (χ3n) is 6.57. The van der Waals surface area contributed by atoms with E-state index in [9.17, 15) is 13.2 Å². The van der Waals surface area contributed by atoms with Crippen LogP contribution in [0.5, 0.6) is 0 Å². The summed E-state index contributed by atoms with van der Waals surface area (Å²) in [5.74, 6) is 0.673. The van der Waals surface area contributed by atoms with E-state index in [4.69, 9.17) is 0 Å². The second-order valence-corrected chi connectivity index (χ2v) is 11.7. The molecular formula is C23H37N3O3S. The molecule has 30 heavy (non-hydrogen) atoms. The molecule has 1 saturated heterocycles. The van der Waals surface area contributed by atoms with E-state index in [1.165, 1.54) is 23.6 Å². The van der Waals surface area contributed by atoms with Crippen LogP contribution in [0.25, 0.3) is 0 Å². The zero-order chi connectivity index (χ0) is 21.8. The summed E-state index contributed by atoms with van der Waals surface area (Å²) in [6.07, 6.45) is 4.83. The van der Waals surface area contributed by atoms with Crippen LogP contribution in [0, 0.1) is 11.3 Å². The highest BCUT2D eigenvalue weighted by Crippen LogP contribution is 2.37. The molecule has 1 N–H and O–H groups in total. The topological polar surface area (TPSA) is 69.7 Å². The number of amides is 1. The first-order valence-electron chi connectivity index (χ1n) is 11.2. The summed E-state index contributed by atoms with van der Waals surface area (Å²) < 4.78 is 26.9. The average molecular weight is 436 g/mol. The highest BCUT2D eigenvalue weighted by Gasteiger charge is 2.35. The summed E-state index contributed by atoms with van der Waals surface area (Å²) in [6, 6.07) is 9.63. The minimum absolute atomic E-state index is 0.0131. The molecule has 0 aromatic heterocycles. The average Bonchev–Trinajstić information content (AvgIpc) is 2.72. The molecule has 0 spiro atoms. The number of sulfonamides is 1. The van der Waals surface area contributed by atoms with Crippen molar-refractivity contribution < 1.29 is 13.2 Å². The number of carbonyl (C=O) groups is 1. The van der Waals surface area contributed by atoms with Crippen LogP contribution in [0.4, 0.5) is 0 Å². The van der Waals surface area contributed by atoms with Gasteiger partial charge >= 0.3 is 0 Å². The fourth-order valence-corrected chi connectivity index (χ4v) is 6.35. The first-order chi connectivity index (χ1) is 14.2. The zero-order valence-electron chi connectivity index (χ0n) is 18.6. The largest absolute Gasteiger partial charge is 0.339 e. The van der Waals surface area contributed by atoms with Gasteiger partial charge in [-0.3, -0.25) is 4.79 Å². The van der Waals surface area contributed by atoms with Crippen LogP contribution >= 0.6 is 0 Å². The number of carbonyl (C=O) groups excluding carboxylic acids is 1. The molecule has 2 unspecified atom stereocenters. The fraction of sp³-hybridized carbons (Fsp3) is 0.696. The van der Waals surface area contributed by atoms with E-state index in [0.29, 0.717) is 44.7 Å². The monoisotopic (exact) mass is 435 g/mol. The van der Waals surface area contributed by atoms with Crippen LogP contribution in [0.2, 0.25) is 0 Å². The van der Waals surface area contributed by atoms with E-state index in [1.54, 1.807) is 4.90 Å². The third kappa shape index (κ3) is 6.05. The van der Waals surface area contributed by atoms with Gasteiger partial charge in [0.15, 0.2) is 0 Å². The second kappa shape index (κ2) is 9.79. The standard InChI is InChI=1S/C23H37N3O3S/c1-23(2,3)20-11-7-8-12-21(20)24-17-22(27)25-13-15-26(16-14-25)30(28,29)18-19-9-5-4-6-10-19/h4-6,9-10,20-21,24H,7-8,11-18H2,1-3H3. The molecule has 1 saturated carbocycles. The second-order valence-electron chi connectivity index (χ2n) is 9.77. The molecule has 7 heteroatoms. The Bertz CT molecular complexity index is 797. The Labute approximate surface area is 182 Å². The van der Waals surface area contributed by atoms with Gasteiger partial charge in [-0.15, -0.1) is 0 Å². The normalized spacial score (nSPS) is 24.0. The van der Waals surface area contributed by atoms with E-state index in [1.807, 2.05) is 30.3 Å². The summed E-state index contributed by atoms with van der Waals surface area (Å²) in [7, 11) is -3.36. The van der Waals surface area contributed by atoms with E-state index < -0.39 is 10.0 Å². The van der Waals surface area contributed by atoms with Gasteiger partial charge in [0, 0.05) is 32.2 Å². The predicted molar refractivity (Wildman–Crippen MR) is 120 cm³/mol. The Morgan fingerprint density at radius 1 is 1.03 bits per heavy atom. The van der Waals surface area contributed by atoms with Crippen molar-refractivity contribution in [2.45, 2.75) is 58.2 Å². The zero-order valence-corrected chi connectivity index (χ0v) is 19.5. The van der Waals surface area contributed by atoms with Gasteiger partial charge in [-0.1, -0.05) is 63.9 Å². The Balaban J connectivity index is 1.48. The van der Waals surface area contributed by atoms with Gasteiger partial charge in [0.1, 0.15) is 0 Å².